The topological polar surface area (TPSA) is 116 Å². The number of amides is 1. The maximum atomic E-state index is 12.7. The van der Waals surface area contributed by atoms with Gasteiger partial charge in [0.25, 0.3) is 5.91 Å². The Kier molecular flexibility index (Phi) is 6.06. The van der Waals surface area contributed by atoms with Gasteiger partial charge in [0.15, 0.2) is 11.9 Å². The summed E-state index contributed by atoms with van der Waals surface area (Å²) >= 11 is 0. The number of aliphatic carboxylic acids is 1. The van der Waals surface area contributed by atoms with Crippen molar-refractivity contribution in [1.29, 1.82) is 0 Å². The van der Waals surface area contributed by atoms with Crippen LogP contribution in [0.1, 0.15) is 60.3 Å². The van der Waals surface area contributed by atoms with Crippen LogP contribution in [0.2, 0.25) is 0 Å². The number of anilines is 2. The van der Waals surface area contributed by atoms with E-state index in [1.807, 2.05) is 30.3 Å². The molecule has 182 valence electrons. The van der Waals surface area contributed by atoms with Crippen LogP contribution in [-0.2, 0) is 15.0 Å². The Labute approximate surface area is 203 Å². The lowest BCUT2D eigenvalue weighted by Crippen LogP contribution is -2.33. The lowest BCUT2D eigenvalue weighted by atomic mass is 9.92. The fourth-order valence-corrected chi connectivity index (χ4v) is 4.94. The molecule has 0 unspecified atom stereocenters. The number of benzene rings is 2. The van der Waals surface area contributed by atoms with Crippen molar-refractivity contribution >= 4 is 23.3 Å². The van der Waals surface area contributed by atoms with Gasteiger partial charge in [0, 0.05) is 24.7 Å². The van der Waals surface area contributed by atoms with Crippen LogP contribution in [0.15, 0.2) is 59.1 Å². The second-order valence-corrected chi connectivity index (χ2v) is 9.51. The first-order valence-corrected chi connectivity index (χ1v) is 12.0. The summed E-state index contributed by atoms with van der Waals surface area (Å²) in [5, 5.41) is 26.9. The molecule has 1 aromatic heterocycles. The number of aryl methyl sites for hydroxylation is 1. The summed E-state index contributed by atoms with van der Waals surface area (Å²) in [5.74, 6) is -0.524. The van der Waals surface area contributed by atoms with E-state index in [1.165, 1.54) is 0 Å². The van der Waals surface area contributed by atoms with Gasteiger partial charge in [0.1, 0.15) is 11.4 Å². The summed E-state index contributed by atoms with van der Waals surface area (Å²) in [6.45, 7) is 3.37. The predicted molar refractivity (Wildman–Crippen MR) is 130 cm³/mol. The van der Waals surface area contributed by atoms with Crippen LogP contribution in [0.4, 0.5) is 11.4 Å². The van der Waals surface area contributed by atoms with Crippen molar-refractivity contribution in [1.82, 2.24) is 5.16 Å². The number of aliphatic hydroxyl groups excluding tert-OH is 1. The Morgan fingerprint density at radius 3 is 2.34 bits per heavy atom. The Morgan fingerprint density at radius 1 is 1.09 bits per heavy atom. The molecular weight excluding hydrogens is 446 g/mol. The third kappa shape index (κ3) is 4.41. The molecule has 5 rings (SSSR count). The number of carboxylic acids is 1. The zero-order chi connectivity index (χ0) is 24.6. The minimum absolute atomic E-state index is 0.0950. The molecule has 2 aromatic carbocycles. The van der Waals surface area contributed by atoms with Crippen LogP contribution >= 0.6 is 0 Å². The minimum atomic E-state index is -1.28. The molecule has 8 nitrogen and oxygen atoms in total. The number of nitrogens with one attached hydrogen (secondary N) is 1. The first kappa shape index (κ1) is 23.1. The van der Waals surface area contributed by atoms with Crippen molar-refractivity contribution in [2.24, 2.45) is 0 Å². The fraction of sp³-hybridized carbons (Fsp3) is 0.370. The van der Waals surface area contributed by atoms with Gasteiger partial charge in [-0.2, -0.15) is 0 Å². The van der Waals surface area contributed by atoms with E-state index in [1.54, 1.807) is 31.2 Å². The van der Waals surface area contributed by atoms with Gasteiger partial charge in [-0.15, -0.1) is 0 Å². The molecule has 0 spiro atoms. The highest BCUT2D eigenvalue weighted by atomic mass is 16.5. The Bertz CT molecular complexity index is 1210. The lowest BCUT2D eigenvalue weighted by Gasteiger charge is -2.33. The van der Waals surface area contributed by atoms with Gasteiger partial charge in [-0.05, 0) is 55.9 Å². The number of carbonyl (C=O) groups excluding carboxylic acids is 1. The smallest absolute Gasteiger partial charge is 0.314 e. The van der Waals surface area contributed by atoms with Crippen LogP contribution < -0.4 is 10.2 Å². The fourth-order valence-electron chi connectivity index (χ4n) is 4.94. The third-order valence-electron chi connectivity index (χ3n) is 7.31. The van der Waals surface area contributed by atoms with Crippen LogP contribution in [-0.4, -0.2) is 40.3 Å². The van der Waals surface area contributed by atoms with Crippen molar-refractivity contribution in [2.45, 2.75) is 50.0 Å². The summed E-state index contributed by atoms with van der Waals surface area (Å²) in [6.07, 6.45) is 1.76. The number of aromatic nitrogens is 1. The molecule has 1 aliphatic heterocycles. The first-order chi connectivity index (χ1) is 16.9. The SMILES string of the molecule is Cc1noc(C2CCN(c3ccc(C4(C(=O)O)CC4)cc3)CC2)c1NC(=O)[C@H](O)c1ccccc1. The van der Waals surface area contributed by atoms with Crippen LogP contribution in [0, 0.1) is 6.92 Å². The molecule has 35 heavy (non-hydrogen) atoms. The van der Waals surface area contributed by atoms with Gasteiger partial charge in [0.05, 0.1) is 5.41 Å². The van der Waals surface area contributed by atoms with Crippen molar-refractivity contribution in [2.75, 3.05) is 23.3 Å². The van der Waals surface area contributed by atoms with E-state index in [0.717, 1.165) is 37.2 Å². The molecule has 0 bridgehead atoms. The number of hydrogen-bond donors (Lipinski definition) is 3. The van der Waals surface area contributed by atoms with Crippen LogP contribution in [0.5, 0.6) is 0 Å². The first-order valence-electron chi connectivity index (χ1n) is 12.0. The summed E-state index contributed by atoms with van der Waals surface area (Å²) in [4.78, 5) is 26.6. The van der Waals surface area contributed by atoms with E-state index < -0.39 is 23.4 Å². The average Bonchev–Trinajstić information content (AvgIpc) is 3.64. The molecule has 3 N–H and O–H groups in total. The standard InChI is InChI=1S/C27H29N3O5/c1-17-22(28-25(32)23(31)18-5-3-2-4-6-18)24(35-29-17)19-11-15-30(16-12-19)21-9-7-20(8-10-21)27(13-14-27)26(33)34/h2-10,19,23,31H,11-16H2,1H3,(H,28,32)(H,33,34)/t23-/m1/s1. The monoisotopic (exact) mass is 475 g/mol. The third-order valence-corrected chi connectivity index (χ3v) is 7.31. The van der Waals surface area contributed by atoms with E-state index in [9.17, 15) is 19.8 Å². The van der Waals surface area contributed by atoms with E-state index in [0.29, 0.717) is 35.5 Å². The molecule has 2 aliphatic rings. The van der Waals surface area contributed by atoms with Gasteiger partial charge in [0.2, 0.25) is 0 Å². The van der Waals surface area contributed by atoms with E-state index in [2.05, 4.69) is 15.4 Å². The van der Waals surface area contributed by atoms with Crippen molar-refractivity contribution in [3.8, 4) is 0 Å². The van der Waals surface area contributed by atoms with E-state index in [-0.39, 0.29) is 5.92 Å². The molecule has 0 radical (unpaired) electrons. The average molecular weight is 476 g/mol. The second-order valence-electron chi connectivity index (χ2n) is 9.51. The van der Waals surface area contributed by atoms with Gasteiger partial charge in [-0.3, -0.25) is 9.59 Å². The summed E-state index contributed by atoms with van der Waals surface area (Å²) in [6, 6.07) is 16.7. The molecule has 1 amide bonds. The Hall–Kier alpha value is -3.65. The quantitative estimate of drug-likeness (QED) is 0.470. The van der Waals surface area contributed by atoms with Gasteiger partial charge >= 0.3 is 5.97 Å². The number of aliphatic hydroxyl groups is 1. The van der Waals surface area contributed by atoms with Gasteiger partial charge in [-0.25, -0.2) is 0 Å². The van der Waals surface area contributed by atoms with E-state index in [4.69, 9.17) is 4.52 Å². The summed E-state index contributed by atoms with van der Waals surface area (Å²) in [5.41, 5.74) is 2.90. The Balaban J connectivity index is 1.23. The van der Waals surface area contributed by atoms with Crippen molar-refractivity contribution in [3.63, 3.8) is 0 Å². The number of piperidine rings is 1. The zero-order valence-corrected chi connectivity index (χ0v) is 19.6. The van der Waals surface area contributed by atoms with Crippen LogP contribution in [0.25, 0.3) is 0 Å². The summed E-state index contributed by atoms with van der Waals surface area (Å²) in [7, 11) is 0. The maximum Gasteiger partial charge on any atom is 0.314 e. The number of carbonyl (C=O) groups is 2. The van der Waals surface area contributed by atoms with Gasteiger partial charge in [-0.1, -0.05) is 47.6 Å². The Morgan fingerprint density at radius 2 is 1.74 bits per heavy atom. The molecule has 1 saturated heterocycles. The molecule has 1 atom stereocenters. The predicted octanol–water partition coefficient (Wildman–Crippen LogP) is 4.16. The molecule has 2 fully saturated rings. The largest absolute Gasteiger partial charge is 0.481 e. The number of rotatable bonds is 7. The molecule has 2 heterocycles. The highest BCUT2D eigenvalue weighted by Gasteiger charge is 2.51. The highest BCUT2D eigenvalue weighted by molar-refractivity contribution is 5.95. The number of nitrogens with zero attached hydrogens (tertiary/aromatic N) is 2. The second kappa shape index (κ2) is 9.19. The molecule has 3 aromatic rings. The maximum absolute atomic E-state index is 12.7. The highest BCUT2D eigenvalue weighted by Crippen LogP contribution is 2.48. The lowest BCUT2D eigenvalue weighted by molar-refractivity contribution is -0.140. The molecule has 1 saturated carbocycles. The minimum Gasteiger partial charge on any atom is -0.481 e. The van der Waals surface area contributed by atoms with Crippen molar-refractivity contribution < 1.29 is 24.3 Å². The molecule has 1 aliphatic carbocycles. The molecular formula is C27H29N3O5. The normalized spacial score (nSPS) is 18.2. The van der Waals surface area contributed by atoms with Crippen LogP contribution in [0.3, 0.4) is 0 Å². The zero-order valence-electron chi connectivity index (χ0n) is 19.6. The molecule has 8 heteroatoms. The van der Waals surface area contributed by atoms with Gasteiger partial charge < -0.3 is 25.0 Å². The van der Waals surface area contributed by atoms with E-state index >= 15 is 0 Å². The number of carboxylic acid groups (broad SMARTS) is 1. The summed E-state index contributed by atoms with van der Waals surface area (Å²) < 4.78 is 5.62. The van der Waals surface area contributed by atoms with Crippen molar-refractivity contribution in [3.05, 3.63) is 77.2 Å². The number of hydrogen-bond acceptors (Lipinski definition) is 6.